The first-order valence-corrected chi connectivity index (χ1v) is 17.3. The first-order chi connectivity index (χ1) is 23.2. The van der Waals surface area contributed by atoms with Crippen molar-refractivity contribution in [2.75, 3.05) is 26.4 Å². The molecule has 0 bridgehead atoms. The second-order valence-corrected chi connectivity index (χ2v) is 13.4. The zero-order chi connectivity index (χ0) is 34.5. The van der Waals surface area contributed by atoms with Gasteiger partial charge in [0.2, 0.25) is 0 Å². The van der Waals surface area contributed by atoms with Crippen LogP contribution in [0.25, 0.3) is 11.1 Å². The number of hydrogen-bond donors (Lipinski definition) is 2. The number of aryl methyl sites for hydroxylation is 1. The van der Waals surface area contributed by atoms with Gasteiger partial charge in [0.15, 0.2) is 0 Å². The van der Waals surface area contributed by atoms with Gasteiger partial charge in [0.05, 0.1) is 37.6 Å². The molecule has 0 aliphatic heterocycles. The van der Waals surface area contributed by atoms with Gasteiger partial charge in [-0.1, -0.05) is 61.7 Å². The molecule has 2 saturated carbocycles. The standard InChI is InChI=1S/C40H50F2O6/c1-27(24-43)39(45)47-23-22-37(26-48-40(46)28(2)25-44)36-20-18-35(19-21-36)34-16-14-33(15-17-34)32-12-10-31(11-13-32)30-8-6-29(7-9-30)4-3-5-38(41)42/h5-13,33-37,43-44H,1-4,14-26H2. The molecule has 2 aromatic rings. The van der Waals surface area contributed by atoms with Crippen molar-refractivity contribution in [1.29, 1.82) is 0 Å². The maximum atomic E-state index is 12.3. The summed E-state index contributed by atoms with van der Waals surface area (Å²) >= 11 is 0. The molecule has 0 amide bonds. The number of aliphatic hydroxyl groups excluding tert-OH is 2. The van der Waals surface area contributed by atoms with Gasteiger partial charge >= 0.3 is 11.9 Å². The van der Waals surface area contributed by atoms with E-state index in [0.29, 0.717) is 42.9 Å². The van der Waals surface area contributed by atoms with Crippen LogP contribution >= 0.6 is 0 Å². The van der Waals surface area contributed by atoms with Crippen LogP contribution in [-0.2, 0) is 25.5 Å². The zero-order valence-electron chi connectivity index (χ0n) is 27.9. The Hall–Kier alpha value is -3.62. The predicted octanol–water partition coefficient (Wildman–Crippen LogP) is 8.34. The highest BCUT2D eigenvalue weighted by atomic mass is 19.3. The van der Waals surface area contributed by atoms with Crippen molar-refractivity contribution in [1.82, 2.24) is 0 Å². The molecule has 2 N–H and O–H groups in total. The summed E-state index contributed by atoms with van der Waals surface area (Å²) < 4.78 is 35.4. The van der Waals surface area contributed by atoms with Gasteiger partial charge in [-0.2, -0.15) is 8.78 Å². The number of aliphatic hydroxyl groups is 2. The zero-order valence-corrected chi connectivity index (χ0v) is 27.9. The number of benzene rings is 2. The fraction of sp³-hybridized carbons (Fsp3) is 0.500. The van der Waals surface area contributed by atoms with Crippen LogP contribution in [0.4, 0.5) is 8.78 Å². The molecule has 0 spiro atoms. The van der Waals surface area contributed by atoms with Crippen LogP contribution in [0.2, 0.25) is 0 Å². The Morgan fingerprint density at radius 3 is 1.83 bits per heavy atom. The van der Waals surface area contributed by atoms with Crippen molar-refractivity contribution in [3.8, 4) is 11.1 Å². The van der Waals surface area contributed by atoms with Crippen LogP contribution in [-0.4, -0.2) is 48.6 Å². The van der Waals surface area contributed by atoms with Crippen molar-refractivity contribution in [2.24, 2.45) is 23.7 Å². The van der Waals surface area contributed by atoms with Crippen molar-refractivity contribution in [3.05, 3.63) is 96.1 Å². The van der Waals surface area contributed by atoms with E-state index in [4.69, 9.17) is 14.6 Å². The van der Waals surface area contributed by atoms with Crippen LogP contribution in [0.5, 0.6) is 0 Å². The van der Waals surface area contributed by atoms with Gasteiger partial charge in [0.1, 0.15) is 0 Å². The third kappa shape index (κ3) is 11.0. The lowest BCUT2D eigenvalue weighted by atomic mass is 9.66. The largest absolute Gasteiger partial charge is 0.462 e. The lowest BCUT2D eigenvalue weighted by Crippen LogP contribution is -2.31. The summed E-state index contributed by atoms with van der Waals surface area (Å²) in [4.78, 5) is 24.1. The topological polar surface area (TPSA) is 93.1 Å². The molecule has 260 valence electrons. The highest BCUT2D eigenvalue weighted by Crippen LogP contribution is 2.45. The van der Waals surface area contributed by atoms with Gasteiger partial charge < -0.3 is 19.7 Å². The first kappa shape index (κ1) is 37.2. The fourth-order valence-electron chi connectivity index (χ4n) is 7.45. The number of rotatable bonds is 16. The second-order valence-electron chi connectivity index (χ2n) is 13.4. The van der Waals surface area contributed by atoms with E-state index in [1.807, 2.05) is 12.1 Å². The quantitative estimate of drug-likeness (QED) is 0.139. The Balaban J connectivity index is 1.24. The first-order valence-electron chi connectivity index (χ1n) is 17.3. The third-order valence-electron chi connectivity index (χ3n) is 10.4. The van der Waals surface area contributed by atoms with Gasteiger partial charge in [-0.05, 0) is 129 Å². The summed E-state index contributed by atoms with van der Waals surface area (Å²) in [7, 11) is 0. The van der Waals surface area contributed by atoms with Crippen molar-refractivity contribution < 1.29 is 38.1 Å². The van der Waals surface area contributed by atoms with E-state index in [9.17, 15) is 23.5 Å². The van der Waals surface area contributed by atoms with Crippen LogP contribution in [0.15, 0.2) is 85.0 Å². The summed E-state index contributed by atoms with van der Waals surface area (Å²) in [6.45, 7) is 6.49. The van der Waals surface area contributed by atoms with E-state index < -0.39 is 31.2 Å². The van der Waals surface area contributed by atoms with Crippen LogP contribution < -0.4 is 0 Å². The number of halogens is 2. The van der Waals surface area contributed by atoms with Crippen molar-refractivity contribution >= 4 is 11.9 Å². The molecule has 2 fully saturated rings. The summed E-state index contributed by atoms with van der Waals surface area (Å²) in [5, 5.41) is 18.3. The van der Waals surface area contributed by atoms with Gasteiger partial charge in [-0.15, -0.1) is 0 Å². The molecule has 0 heterocycles. The molecule has 2 aliphatic carbocycles. The van der Waals surface area contributed by atoms with Gasteiger partial charge in [0, 0.05) is 0 Å². The van der Waals surface area contributed by atoms with Crippen LogP contribution in [0.3, 0.4) is 0 Å². The molecule has 1 unspecified atom stereocenters. The third-order valence-corrected chi connectivity index (χ3v) is 10.4. The minimum atomic E-state index is -1.62. The fourth-order valence-corrected chi connectivity index (χ4v) is 7.45. The molecule has 6 nitrogen and oxygen atoms in total. The smallest absolute Gasteiger partial charge is 0.335 e. The number of esters is 2. The Labute approximate surface area is 283 Å². The van der Waals surface area contributed by atoms with E-state index in [-0.39, 0.29) is 30.3 Å². The molecule has 1 atom stereocenters. The lowest BCUT2D eigenvalue weighted by Gasteiger charge is -2.39. The van der Waals surface area contributed by atoms with Gasteiger partial charge in [0.25, 0.3) is 6.08 Å². The molecular weight excluding hydrogens is 614 g/mol. The highest BCUT2D eigenvalue weighted by molar-refractivity contribution is 5.88. The second kappa shape index (κ2) is 18.8. The van der Waals surface area contributed by atoms with Crippen molar-refractivity contribution in [3.63, 3.8) is 0 Å². The Bertz CT molecular complexity index is 1380. The molecule has 2 aliphatic rings. The number of hydrogen-bond acceptors (Lipinski definition) is 6. The Morgan fingerprint density at radius 1 is 0.771 bits per heavy atom. The van der Waals surface area contributed by atoms with E-state index >= 15 is 0 Å². The maximum Gasteiger partial charge on any atom is 0.335 e. The molecule has 2 aromatic carbocycles. The normalized spacial score (nSPS) is 21.5. The monoisotopic (exact) mass is 664 g/mol. The van der Waals surface area contributed by atoms with E-state index in [2.05, 4.69) is 49.6 Å². The van der Waals surface area contributed by atoms with E-state index in [1.165, 1.54) is 31.2 Å². The number of ether oxygens (including phenoxy) is 2. The predicted molar refractivity (Wildman–Crippen MR) is 183 cm³/mol. The molecule has 0 aromatic heterocycles. The number of carbonyl (C=O) groups is 2. The van der Waals surface area contributed by atoms with E-state index in [1.54, 1.807) is 0 Å². The Morgan fingerprint density at radius 2 is 1.29 bits per heavy atom. The average molecular weight is 665 g/mol. The summed E-state index contributed by atoms with van der Waals surface area (Å²) in [5.74, 6) is 1.09. The van der Waals surface area contributed by atoms with E-state index in [0.717, 1.165) is 48.4 Å². The van der Waals surface area contributed by atoms with Gasteiger partial charge in [-0.25, -0.2) is 9.59 Å². The van der Waals surface area contributed by atoms with Crippen LogP contribution in [0.1, 0.15) is 81.3 Å². The number of carbonyl (C=O) groups excluding carboxylic acids is 2. The number of allylic oxidation sites excluding steroid dienone is 1. The molecule has 0 saturated heterocycles. The summed E-state index contributed by atoms with van der Waals surface area (Å²) in [6.07, 6.45) is 9.95. The summed E-state index contributed by atoms with van der Waals surface area (Å²) in [6, 6.07) is 17.1. The highest BCUT2D eigenvalue weighted by Gasteiger charge is 2.34. The SMILES string of the molecule is C=C(CO)C(=O)OCCC(COC(=O)C(=C)CO)C1CCC(C2CCC(c3ccc(-c4ccc(CCC=C(F)F)cc4)cc3)CC2)CC1. The molecule has 8 heteroatoms. The van der Waals surface area contributed by atoms with Crippen LogP contribution in [0, 0.1) is 23.7 Å². The maximum absolute atomic E-state index is 12.3. The molecular formula is C40H50F2O6. The summed E-state index contributed by atoms with van der Waals surface area (Å²) in [5.41, 5.74) is 4.75. The minimum absolute atomic E-state index is 0.00806. The lowest BCUT2D eigenvalue weighted by molar-refractivity contribution is -0.144. The molecule has 48 heavy (non-hydrogen) atoms. The molecule has 4 rings (SSSR count). The molecule has 0 radical (unpaired) electrons. The van der Waals surface area contributed by atoms with Gasteiger partial charge in [-0.3, -0.25) is 0 Å². The van der Waals surface area contributed by atoms with Crippen molar-refractivity contribution in [2.45, 2.75) is 76.5 Å². The minimum Gasteiger partial charge on any atom is -0.462 e. The average Bonchev–Trinajstić information content (AvgIpc) is 3.12. The Kier molecular flexibility index (Phi) is 14.6.